The number of hydrogen-bond acceptors (Lipinski definition) is 15. The van der Waals surface area contributed by atoms with E-state index in [-0.39, 0.29) is 25.7 Å². The van der Waals surface area contributed by atoms with Gasteiger partial charge in [-0.15, -0.1) is 0 Å². The van der Waals surface area contributed by atoms with Gasteiger partial charge in [0.25, 0.3) is 0 Å². The van der Waals surface area contributed by atoms with E-state index in [4.69, 9.17) is 37.0 Å². The van der Waals surface area contributed by atoms with E-state index in [2.05, 4.69) is 34.6 Å². The number of esters is 4. The highest BCUT2D eigenvalue weighted by atomic mass is 31.2. The summed E-state index contributed by atoms with van der Waals surface area (Å²) in [4.78, 5) is 72.6. The third kappa shape index (κ3) is 68.6. The van der Waals surface area contributed by atoms with Crippen molar-refractivity contribution in [1.29, 1.82) is 0 Å². The summed E-state index contributed by atoms with van der Waals surface area (Å²) in [5, 5.41) is 10.6. The topological polar surface area (TPSA) is 237 Å². The number of phosphoric acid groups is 2. The van der Waals surface area contributed by atoms with Gasteiger partial charge in [-0.3, -0.25) is 37.3 Å². The van der Waals surface area contributed by atoms with Crippen LogP contribution in [0.5, 0.6) is 0 Å². The van der Waals surface area contributed by atoms with E-state index in [0.717, 1.165) is 109 Å². The Balaban J connectivity index is 5.16. The molecule has 0 bridgehead atoms. The fourth-order valence-corrected chi connectivity index (χ4v) is 13.1. The molecule has 0 aromatic carbocycles. The summed E-state index contributed by atoms with van der Waals surface area (Å²) in [7, 11) is -9.90. The van der Waals surface area contributed by atoms with Crippen molar-refractivity contribution in [2.45, 2.75) is 412 Å². The zero-order valence-electron chi connectivity index (χ0n) is 61.1. The van der Waals surface area contributed by atoms with Crippen LogP contribution in [0.25, 0.3) is 0 Å². The highest BCUT2D eigenvalue weighted by molar-refractivity contribution is 7.47. The van der Waals surface area contributed by atoms with Crippen molar-refractivity contribution in [3.8, 4) is 0 Å². The molecular formula is C75H146O17P2. The van der Waals surface area contributed by atoms with Crippen LogP contribution in [0.4, 0.5) is 0 Å². The summed E-state index contributed by atoms with van der Waals surface area (Å²) < 4.78 is 68.3. The molecule has 558 valence electrons. The predicted octanol–water partition coefficient (Wildman–Crippen LogP) is 22.1. The molecule has 0 spiro atoms. The second kappa shape index (κ2) is 68.2. The smallest absolute Gasteiger partial charge is 0.462 e. The lowest BCUT2D eigenvalue weighted by molar-refractivity contribution is -0.161. The van der Waals surface area contributed by atoms with Gasteiger partial charge in [0.2, 0.25) is 0 Å². The van der Waals surface area contributed by atoms with E-state index in [0.29, 0.717) is 25.7 Å². The van der Waals surface area contributed by atoms with Crippen LogP contribution in [0, 0.1) is 5.92 Å². The lowest BCUT2D eigenvalue weighted by Crippen LogP contribution is -2.30. The fourth-order valence-electron chi connectivity index (χ4n) is 11.5. The zero-order chi connectivity index (χ0) is 69.1. The first-order chi connectivity index (χ1) is 45.5. The number of rotatable bonds is 75. The summed E-state index contributed by atoms with van der Waals surface area (Å²) in [6, 6.07) is 0. The monoisotopic (exact) mass is 1380 g/mol. The lowest BCUT2D eigenvalue weighted by Gasteiger charge is -2.21. The lowest BCUT2D eigenvalue weighted by atomic mass is 10.0. The van der Waals surface area contributed by atoms with Crippen LogP contribution in [-0.4, -0.2) is 96.7 Å². The highest BCUT2D eigenvalue weighted by Crippen LogP contribution is 2.45. The molecule has 94 heavy (non-hydrogen) atoms. The molecule has 17 nitrogen and oxygen atoms in total. The van der Waals surface area contributed by atoms with Crippen molar-refractivity contribution in [3.05, 3.63) is 0 Å². The Bertz CT molecular complexity index is 1810. The molecule has 5 atom stereocenters. The predicted molar refractivity (Wildman–Crippen MR) is 382 cm³/mol. The average molecular weight is 1380 g/mol. The van der Waals surface area contributed by atoms with E-state index in [9.17, 15) is 43.2 Å². The van der Waals surface area contributed by atoms with Crippen LogP contribution in [0.15, 0.2) is 0 Å². The molecule has 0 saturated carbocycles. The number of ether oxygens (including phenoxy) is 4. The second-order valence-electron chi connectivity index (χ2n) is 27.5. The fraction of sp³-hybridized carbons (Fsp3) is 0.947. The summed E-state index contributed by atoms with van der Waals surface area (Å²) >= 11 is 0. The van der Waals surface area contributed by atoms with Crippen LogP contribution in [-0.2, 0) is 65.4 Å². The largest absolute Gasteiger partial charge is 0.472 e. The second-order valence-corrected chi connectivity index (χ2v) is 30.4. The molecule has 3 N–H and O–H groups in total. The van der Waals surface area contributed by atoms with Crippen molar-refractivity contribution in [1.82, 2.24) is 0 Å². The van der Waals surface area contributed by atoms with Crippen molar-refractivity contribution in [2.24, 2.45) is 5.92 Å². The molecule has 0 amide bonds. The molecule has 0 radical (unpaired) electrons. The third-order valence-electron chi connectivity index (χ3n) is 17.5. The molecule has 0 fully saturated rings. The Morgan fingerprint density at radius 2 is 0.489 bits per heavy atom. The Hall–Kier alpha value is -1.94. The molecule has 0 aliphatic rings. The Kier molecular flexibility index (Phi) is 66.8. The standard InChI is InChI=1S/C75H146O17P2/c1-6-9-12-15-18-20-22-23-24-25-26-27-30-34-37-41-46-51-56-61-75(80)92-71(65-86-73(78)59-54-49-44-40-36-33-31-28-29-32-35-38-43-47-52-57-68(4)5)67-90-94(83,84)88-63-69(76)62-87-93(81,82)89-66-70(64-85-72(77)58-53-48-42-17-14-11-8-3)91-74(79)60-55-50-45-39-21-19-16-13-10-7-2/h68-71,76H,6-67H2,1-5H3,(H,81,82)(H,83,84)/t69-,70+,71+/m0/s1. The van der Waals surface area contributed by atoms with Crippen LogP contribution in [0.1, 0.15) is 394 Å². The van der Waals surface area contributed by atoms with Crippen LogP contribution in [0.3, 0.4) is 0 Å². The van der Waals surface area contributed by atoms with E-state index >= 15 is 0 Å². The molecule has 0 saturated heterocycles. The van der Waals surface area contributed by atoms with Gasteiger partial charge in [-0.25, -0.2) is 9.13 Å². The van der Waals surface area contributed by atoms with E-state index in [1.807, 2.05) is 0 Å². The van der Waals surface area contributed by atoms with E-state index in [1.54, 1.807) is 0 Å². The number of aliphatic hydroxyl groups excluding tert-OH is 1. The first-order valence-corrected chi connectivity index (χ1v) is 42.1. The number of aliphatic hydroxyl groups is 1. The van der Waals surface area contributed by atoms with Gasteiger partial charge in [-0.2, -0.15) is 0 Å². The minimum absolute atomic E-state index is 0.106. The maximum atomic E-state index is 13.1. The van der Waals surface area contributed by atoms with Gasteiger partial charge in [0.05, 0.1) is 26.4 Å². The van der Waals surface area contributed by atoms with Crippen molar-refractivity contribution >= 4 is 39.5 Å². The number of carbonyl (C=O) groups excluding carboxylic acids is 4. The quantitative estimate of drug-likeness (QED) is 0.0222. The van der Waals surface area contributed by atoms with Gasteiger partial charge in [-0.05, 0) is 31.6 Å². The molecule has 0 heterocycles. The molecule has 0 rings (SSSR count). The number of phosphoric ester groups is 2. The van der Waals surface area contributed by atoms with Crippen molar-refractivity contribution in [3.63, 3.8) is 0 Å². The minimum atomic E-state index is -4.95. The zero-order valence-corrected chi connectivity index (χ0v) is 62.9. The molecule has 19 heteroatoms. The van der Waals surface area contributed by atoms with Gasteiger partial charge < -0.3 is 33.8 Å². The molecular weight excluding hydrogens is 1230 g/mol. The average Bonchev–Trinajstić information content (AvgIpc) is 1.87. The van der Waals surface area contributed by atoms with E-state index in [1.165, 1.54) is 205 Å². The van der Waals surface area contributed by atoms with Crippen molar-refractivity contribution in [2.75, 3.05) is 39.6 Å². The number of carbonyl (C=O) groups is 4. The van der Waals surface area contributed by atoms with Crippen LogP contribution in [0.2, 0.25) is 0 Å². The Morgan fingerprint density at radius 1 is 0.287 bits per heavy atom. The Labute approximate surface area is 575 Å². The highest BCUT2D eigenvalue weighted by Gasteiger charge is 2.30. The summed E-state index contributed by atoms with van der Waals surface area (Å²) in [6.45, 7) is 7.26. The maximum absolute atomic E-state index is 13.1. The van der Waals surface area contributed by atoms with E-state index < -0.39 is 97.5 Å². The summed E-state index contributed by atoms with van der Waals surface area (Å²) in [5.41, 5.74) is 0. The van der Waals surface area contributed by atoms with Gasteiger partial charge in [-0.1, -0.05) is 343 Å². The van der Waals surface area contributed by atoms with Gasteiger partial charge in [0.15, 0.2) is 12.2 Å². The van der Waals surface area contributed by atoms with Gasteiger partial charge >= 0.3 is 39.5 Å². The normalized spacial score (nSPS) is 14.0. The minimum Gasteiger partial charge on any atom is -0.462 e. The summed E-state index contributed by atoms with van der Waals surface area (Å²) in [5.74, 6) is -1.31. The Morgan fingerprint density at radius 3 is 0.723 bits per heavy atom. The number of hydrogen-bond donors (Lipinski definition) is 3. The molecule has 0 aliphatic heterocycles. The summed E-state index contributed by atoms with van der Waals surface area (Å²) in [6.07, 6.45) is 57.1. The van der Waals surface area contributed by atoms with Crippen LogP contribution < -0.4 is 0 Å². The van der Waals surface area contributed by atoms with Gasteiger partial charge in [0, 0.05) is 25.7 Å². The van der Waals surface area contributed by atoms with Crippen molar-refractivity contribution < 1.29 is 80.2 Å². The molecule has 0 aromatic rings. The molecule has 2 unspecified atom stereocenters. The number of unbranched alkanes of at least 4 members (excludes halogenated alkanes) is 47. The molecule has 0 aliphatic carbocycles. The van der Waals surface area contributed by atoms with Gasteiger partial charge in [0.1, 0.15) is 19.3 Å². The third-order valence-corrected chi connectivity index (χ3v) is 19.4. The SMILES string of the molecule is CCCCCCCCCCCCCCCCCCCCCC(=O)O[C@H](COC(=O)CCCCCCCCCCCCCCCCCC(C)C)COP(=O)(O)OC[C@@H](O)COP(=O)(O)OC[C@@H](COC(=O)CCCCCCCCC)OC(=O)CCCCCCCCCCCC. The first-order valence-electron chi connectivity index (χ1n) is 39.1. The maximum Gasteiger partial charge on any atom is 0.472 e. The molecule has 0 aromatic heterocycles. The van der Waals surface area contributed by atoms with Crippen LogP contribution >= 0.6 is 15.6 Å². The first kappa shape index (κ1) is 92.1.